The summed E-state index contributed by atoms with van der Waals surface area (Å²) < 4.78 is 12.6. The number of imide groups is 1. The first-order valence-corrected chi connectivity index (χ1v) is 14.3. The van der Waals surface area contributed by atoms with Gasteiger partial charge in [0.05, 0.1) is 15.9 Å². The van der Waals surface area contributed by atoms with Gasteiger partial charge in [0.15, 0.2) is 0 Å². The number of rotatable bonds is 9. The highest BCUT2D eigenvalue weighted by Crippen LogP contribution is 2.35. The van der Waals surface area contributed by atoms with Crippen LogP contribution >= 0.6 is 50.9 Å². The van der Waals surface area contributed by atoms with Gasteiger partial charge in [-0.3, -0.25) is 14.5 Å². The average molecular weight is 635 g/mol. The zero-order valence-corrected chi connectivity index (χ0v) is 25.0. The third-order valence-corrected chi connectivity index (χ3v) is 8.00. The second-order valence-electron chi connectivity index (χ2n) is 9.09. The normalized spacial score (nSPS) is 14.6. The molecule has 2 amide bonds. The molecule has 198 valence electrons. The van der Waals surface area contributed by atoms with E-state index in [1.807, 2.05) is 31.2 Å². The topological polar surface area (TPSA) is 55.8 Å². The van der Waals surface area contributed by atoms with E-state index in [1.54, 1.807) is 24.3 Å². The molecule has 5 nitrogen and oxygen atoms in total. The Labute approximate surface area is 245 Å². The molecule has 1 saturated heterocycles. The van der Waals surface area contributed by atoms with Crippen LogP contribution in [0, 0.1) is 6.92 Å². The van der Waals surface area contributed by atoms with Gasteiger partial charge in [0.25, 0.3) is 11.1 Å². The summed E-state index contributed by atoms with van der Waals surface area (Å²) in [4.78, 5) is 27.1. The Balaban J connectivity index is 1.38. The van der Waals surface area contributed by atoms with Crippen LogP contribution in [0.1, 0.15) is 42.0 Å². The van der Waals surface area contributed by atoms with Gasteiger partial charge >= 0.3 is 0 Å². The van der Waals surface area contributed by atoms with Crippen LogP contribution in [0.5, 0.6) is 11.5 Å². The molecule has 0 aromatic heterocycles. The van der Waals surface area contributed by atoms with Crippen molar-refractivity contribution in [3.8, 4) is 11.5 Å². The van der Waals surface area contributed by atoms with Crippen LogP contribution in [0.25, 0.3) is 6.08 Å². The molecule has 3 aromatic rings. The van der Waals surface area contributed by atoms with Crippen LogP contribution in [0.15, 0.2) is 64.0 Å². The van der Waals surface area contributed by atoms with Crippen LogP contribution in [-0.4, -0.2) is 29.2 Å². The molecule has 0 unspecified atom stereocenters. The van der Waals surface area contributed by atoms with Gasteiger partial charge < -0.3 is 9.47 Å². The molecular formula is C29H26BrCl2NO4S. The number of carbonyl (C=O) groups excluding carboxylic acids is 2. The number of nitrogens with zero attached hydrogens (tertiary/aromatic N) is 1. The maximum absolute atomic E-state index is 13.0. The van der Waals surface area contributed by atoms with Crippen LogP contribution in [0.2, 0.25) is 10.0 Å². The van der Waals surface area contributed by atoms with Crippen molar-refractivity contribution in [1.29, 1.82) is 0 Å². The molecule has 0 N–H and O–H groups in total. The van der Waals surface area contributed by atoms with Crippen LogP contribution in [-0.2, 0) is 11.4 Å². The zero-order valence-electron chi connectivity index (χ0n) is 21.1. The summed E-state index contributed by atoms with van der Waals surface area (Å²) in [6.45, 7) is 6.89. The first-order valence-electron chi connectivity index (χ1n) is 12.0. The Morgan fingerprint density at radius 2 is 1.79 bits per heavy atom. The van der Waals surface area contributed by atoms with Crippen molar-refractivity contribution in [3.63, 3.8) is 0 Å². The summed E-state index contributed by atoms with van der Waals surface area (Å²) in [5.74, 6) is 1.38. The minimum Gasteiger partial charge on any atom is -0.491 e. The number of ether oxygens (including phenoxy) is 2. The molecule has 9 heteroatoms. The molecule has 0 spiro atoms. The molecule has 3 aromatic carbocycles. The van der Waals surface area contributed by atoms with Crippen LogP contribution in [0.3, 0.4) is 0 Å². The Bertz CT molecular complexity index is 1410. The lowest BCUT2D eigenvalue weighted by Gasteiger charge is -2.17. The molecule has 1 heterocycles. The van der Waals surface area contributed by atoms with E-state index in [9.17, 15) is 9.59 Å². The fourth-order valence-corrected chi connectivity index (χ4v) is 5.69. The molecule has 38 heavy (non-hydrogen) atoms. The molecule has 0 radical (unpaired) electrons. The van der Waals surface area contributed by atoms with Gasteiger partial charge in [-0.2, -0.15) is 0 Å². The highest BCUT2D eigenvalue weighted by Gasteiger charge is 2.34. The number of hydrogen-bond donors (Lipinski definition) is 0. The maximum Gasteiger partial charge on any atom is 0.293 e. The van der Waals surface area contributed by atoms with E-state index >= 15 is 0 Å². The number of thioether (sulfide) groups is 1. The monoisotopic (exact) mass is 633 g/mol. The summed E-state index contributed by atoms with van der Waals surface area (Å²) in [6, 6.07) is 16.8. The van der Waals surface area contributed by atoms with E-state index in [0.29, 0.717) is 31.1 Å². The molecule has 0 aliphatic carbocycles. The Morgan fingerprint density at radius 1 is 1.00 bits per heavy atom. The van der Waals surface area contributed by atoms with Crippen molar-refractivity contribution in [1.82, 2.24) is 4.90 Å². The summed E-state index contributed by atoms with van der Waals surface area (Å²) in [5, 5.41) is 0.787. The highest BCUT2D eigenvalue weighted by molar-refractivity contribution is 9.10. The van der Waals surface area contributed by atoms with Crippen molar-refractivity contribution in [2.75, 3.05) is 13.2 Å². The maximum atomic E-state index is 13.0. The van der Waals surface area contributed by atoms with Gasteiger partial charge in [-0.25, -0.2) is 0 Å². The van der Waals surface area contributed by atoms with Gasteiger partial charge in [0, 0.05) is 15.6 Å². The lowest BCUT2D eigenvalue weighted by molar-refractivity contribution is -0.123. The molecule has 1 fully saturated rings. The first-order chi connectivity index (χ1) is 18.1. The van der Waals surface area contributed by atoms with Crippen molar-refractivity contribution in [3.05, 3.63) is 96.3 Å². The number of amides is 2. The first kappa shape index (κ1) is 28.6. The number of halogens is 3. The summed E-state index contributed by atoms with van der Waals surface area (Å²) in [7, 11) is 0. The fraction of sp³-hybridized carbons (Fsp3) is 0.241. The smallest absolute Gasteiger partial charge is 0.293 e. The van der Waals surface area contributed by atoms with Gasteiger partial charge in [0.2, 0.25) is 0 Å². The largest absolute Gasteiger partial charge is 0.491 e. The average Bonchev–Trinajstić information content (AvgIpc) is 3.11. The standard InChI is InChI=1S/C29H26BrCl2NO4S/c1-17(2)22-8-4-18(3)12-26(22)36-11-10-33-28(34)27(38-29(33)35)14-19-5-9-25(23(30)13-19)37-16-20-6-7-21(31)15-24(20)32/h4-9,12-15,17H,10-11,16H2,1-3H3/b27-14-. The van der Waals surface area contributed by atoms with Crippen molar-refractivity contribution in [2.24, 2.45) is 0 Å². The van der Waals surface area contributed by atoms with E-state index in [-0.39, 0.29) is 30.9 Å². The van der Waals surface area contributed by atoms with Gasteiger partial charge in [-0.05, 0) is 93.6 Å². The molecule has 4 rings (SSSR count). The predicted octanol–water partition coefficient (Wildman–Crippen LogP) is 8.88. The van der Waals surface area contributed by atoms with Crippen LogP contribution < -0.4 is 9.47 Å². The third-order valence-electron chi connectivity index (χ3n) is 5.89. The number of aryl methyl sites for hydroxylation is 1. The highest BCUT2D eigenvalue weighted by atomic mass is 79.9. The van der Waals surface area contributed by atoms with Gasteiger partial charge in [-0.1, -0.05) is 61.3 Å². The Morgan fingerprint density at radius 3 is 2.50 bits per heavy atom. The SMILES string of the molecule is Cc1ccc(C(C)C)c(OCCN2C(=O)S/C(=C\c3ccc(OCc4ccc(Cl)cc4Cl)c(Br)c3)C2=O)c1. The van der Waals surface area contributed by atoms with Gasteiger partial charge in [-0.15, -0.1) is 0 Å². The second kappa shape index (κ2) is 12.6. The Kier molecular flexibility index (Phi) is 9.47. The number of hydrogen-bond acceptors (Lipinski definition) is 5. The number of benzene rings is 3. The van der Waals surface area contributed by atoms with Gasteiger partial charge in [0.1, 0.15) is 24.7 Å². The minimum atomic E-state index is -0.328. The van der Waals surface area contributed by atoms with E-state index in [0.717, 1.165) is 39.8 Å². The lowest BCUT2D eigenvalue weighted by Crippen LogP contribution is -2.32. The summed E-state index contributed by atoms with van der Waals surface area (Å²) >= 11 is 16.6. The fourth-order valence-electron chi connectivity index (χ4n) is 3.85. The van der Waals surface area contributed by atoms with E-state index in [2.05, 4.69) is 41.9 Å². The Hall–Kier alpha value is -2.45. The molecular weight excluding hydrogens is 609 g/mol. The van der Waals surface area contributed by atoms with E-state index in [1.165, 1.54) is 4.90 Å². The van der Waals surface area contributed by atoms with Crippen molar-refractivity contribution < 1.29 is 19.1 Å². The molecule has 0 bridgehead atoms. The molecule has 1 aliphatic rings. The molecule has 0 atom stereocenters. The van der Waals surface area contributed by atoms with E-state index in [4.69, 9.17) is 32.7 Å². The molecule has 1 aliphatic heterocycles. The minimum absolute atomic E-state index is 0.178. The quantitative estimate of drug-likeness (QED) is 0.220. The number of carbonyl (C=O) groups is 2. The molecule has 0 saturated carbocycles. The second-order valence-corrected chi connectivity index (χ2v) is 11.8. The third kappa shape index (κ3) is 6.94. The lowest BCUT2D eigenvalue weighted by atomic mass is 10.0. The van der Waals surface area contributed by atoms with E-state index < -0.39 is 0 Å². The summed E-state index contributed by atoms with van der Waals surface area (Å²) in [5.41, 5.74) is 3.76. The zero-order chi connectivity index (χ0) is 27.4. The predicted molar refractivity (Wildman–Crippen MR) is 158 cm³/mol. The summed E-state index contributed by atoms with van der Waals surface area (Å²) in [6.07, 6.45) is 1.70. The van der Waals surface area contributed by atoms with Crippen molar-refractivity contribution in [2.45, 2.75) is 33.3 Å². The van der Waals surface area contributed by atoms with Crippen molar-refractivity contribution >= 4 is 68.1 Å². The van der Waals surface area contributed by atoms with Crippen LogP contribution in [0.4, 0.5) is 4.79 Å².